The van der Waals surface area contributed by atoms with Gasteiger partial charge in [-0.2, -0.15) is 31.6 Å². The summed E-state index contributed by atoms with van der Waals surface area (Å²) in [7, 11) is 0. The maximum atomic E-state index is 12.8. The number of hydrogen-bond acceptors (Lipinski definition) is 4. The molecule has 0 bridgehead atoms. The van der Waals surface area contributed by atoms with Crippen LogP contribution >= 0.6 is 23.6 Å². The van der Waals surface area contributed by atoms with Crippen LogP contribution in [0.5, 0.6) is 5.75 Å². The molecule has 12 heteroatoms. The van der Waals surface area contributed by atoms with Gasteiger partial charge in [0.1, 0.15) is 10.7 Å². The fourth-order valence-electron chi connectivity index (χ4n) is 2.42. The van der Waals surface area contributed by atoms with E-state index in [9.17, 15) is 26.3 Å². The van der Waals surface area contributed by atoms with Gasteiger partial charge in [0.05, 0.1) is 23.6 Å². The SMILES string of the molecule is CC(C)(C)c1cn(CCC(F)(F)F)/c(=N/C(=S)c2cc(C#N)ccc2OCC(F)(F)F)s1. The van der Waals surface area contributed by atoms with Gasteiger partial charge in [0.15, 0.2) is 11.4 Å². The number of hydrogen-bond donors (Lipinski definition) is 0. The number of nitrogens with zero attached hydrogens (tertiary/aromatic N) is 3. The Hall–Kier alpha value is -2.39. The molecule has 0 amide bonds. The molecule has 1 aromatic carbocycles. The molecule has 0 aliphatic heterocycles. The molecule has 0 unspecified atom stereocenters. The average molecular weight is 496 g/mol. The number of aromatic nitrogens is 1. The van der Waals surface area contributed by atoms with E-state index in [1.165, 1.54) is 22.8 Å². The maximum absolute atomic E-state index is 12.8. The molecule has 32 heavy (non-hydrogen) atoms. The fourth-order valence-corrected chi connectivity index (χ4v) is 3.81. The molecular weight excluding hydrogens is 476 g/mol. The second-order valence-corrected chi connectivity index (χ2v) is 9.23. The standard InChI is InChI=1S/C20H19F6N3OS2/c1-18(2,3)15-10-29(7-6-19(21,22)23)17(32-15)28-16(31)13-8-12(9-27)4-5-14(13)30-11-20(24,25)26/h4-5,8,10H,6-7,11H2,1-3H3/b28-17-. The van der Waals surface area contributed by atoms with Crippen molar-refractivity contribution in [1.29, 1.82) is 5.26 Å². The lowest BCUT2D eigenvalue weighted by Crippen LogP contribution is -2.21. The molecule has 2 aromatic rings. The third kappa shape index (κ3) is 7.63. The second-order valence-electron chi connectivity index (χ2n) is 7.83. The third-order valence-corrected chi connectivity index (χ3v) is 5.78. The summed E-state index contributed by atoms with van der Waals surface area (Å²) in [6.07, 6.45) is -8.50. The molecule has 0 saturated heterocycles. The van der Waals surface area contributed by atoms with Crippen LogP contribution in [0.15, 0.2) is 29.4 Å². The summed E-state index contributed by atoms with van der Waals surface area (Å²) in [5.41, 5.74) is -0.290. The van der Waals surface area contributed by atoms with Crippen molar-refractivity contribution in [2.24, 2.45) is 4.99 Å². The number of ether oxygens (including phenoxy) is 1. The molecule has 0 saturated carbocycles. The Balaban J connectivity index is 2.52. The van der Waals surface area contributed by atoms with Crippen LogP contribution in [-0.4, -0.2) is 28.5 Å². The van der Waals surface area contributed by atoms with Crippen LogP contribution < -0.4 is 9.54 Å². The van der Waals surface area contributed by atoms with Crippen molar-refractivity contribution in [2.75, 3.05) is 6.61 Å². The lowest BCUT2D eigenvalue weighted by Gasteiger charge is -2.14. The highest BCUT2D eigenvalue weighted by Gasteiger charge is 2.29. The maximum Gasteiger partial charge on any atom is 0.422 e. The number of thiocarbonyl (C=S) groups is 1. The molecule has 1 aromatic heterocycles. The van der Waals surface area contributed by atoms with E-state index in [1.807, 2.05) is 26.8 Å². The predicted octanol–water partition coefficient (Wildman–Crippen LogP) is 5.89. The van der Waals surface area contributed by atoms with E-state index in [2.05, 4.69) is 4.99 Å². The minimum Gasteiger partial charge on any atom is -0.483 e. The van der Waals surface area contributed by atoms with E-state index in [4.69, 9.17) is 22.2 Å². The van der Waals surface area contributed by atoms with Gasteiger partial charge in [-0.25, -0.2) is 4.99 Å². The number of rotatable bonds is 5. The highest BCUT2D eigenvalue weighted by Crippen LogP contribution is 2.27. The second kappa shape index (κ2) is 9.62. The first-order valence-electron chi connectivity index (χ1n) is 9.19. The Labute approximate surface area is 189 Å². The summed E-state index contributed by atoms with van der Waals surface area (Å²) < 4.78 is 82.1. The Morgan fingerprint density at radius 1 is 1.16 bits per heavy atom. The van der Waals surface area contributed by atoms with E-state index >= 15 is 0 Å². The summed E-state index contributed by atoms with van der Waals surface area (Å²) in [5.74, 6) is -0.232. The molecule has 0 fully saturated rings. The zero-order valence-electron chi connectivity index (χ0n) is 17.3. The predicted molar refractivity (Wildman–Crippen MR) is 112 cm³/mol. The van der Waals surface area contributed by atoms with E-state index in [0.29, 0.717) is 0 Å². The Kier molecular flexibility index (Phi) is 7.78. The van der Waals surface area contributed by atoms with Gasteiger partial charge >= 0.3 is 12.4 Å². The van der Waals surface area contributed by atoms with Crippen molar-refractivity contribution >= 4 is 28.5 Å². The van der Waals surface area contributed by atoms with Crippen molar-refractivity contribution in [3.05, 3.63) is 45.2 Å². The minimum absolute atomic E-state index is 0.0311. The summed E-state index contributed by atoms with van der Waals surface area (Å²) in [5, 5.41) is 9.11. The van der Waals surface area contributed by atoms with Crippen LogP contribution in [0.2, 0.25) is 0 Å². The van der Waals surface area contributed by atoms with Gasteiger partial charge in [0, 0.05) is 17.6 Å². The van der Waals surface area contributed by atoms with E-state index in [1.54, 1.807) is 6.20 Å². The molecule has 0 spiro atoms. The summed E-state index contributed by atoms with van der Waals surface area (Å²) in [6, 6.07) is 5.53. The van der Waals surface area contributed by atoms with Gasteiger partial charge in [0.2, 0.25) is 0 Å². The van der Waals surface area contributed by atoms with Crippen LogP contribution in [0.25, 0.3) is 0 Å². The largest absolute Gasteiger partial charge is 0.483 e. The van der Waals surface area contributed by atoms with Crippen LogP contribution in [-0.2, 0) is 12.0 Å². The van der Waals surface area contributed by atoms with Crippen LogP contribution in [0.1, 0.15) is 43.2 Å². The fraction of sp³-hybridized carbons (Fsp3) is 0.450. The van der Waals surface area contributed by atoms with Gasteiger partial charge in [-0.3, -0.25) is 0 Å². The number of thiazole rings is 1. The quantitative estimate of drug-likeness (QED) is 0.384. The molecule has 0 atom stereocenters. The summed E-state index contributed by atoms with van der Waals surface area (Å²) in [6.45, 7) is 3.68. The normalized spacial score (nSPS) is 13.2. The van der Waals surface area contributed by atoms with Crippen LogP contribution in [0.3, 0.4) is 0 Å². The first kappa shape index (κ1) is 25.9. The lowest BCUT2D eigenvalue weighted by molar-refractivity contribution is -0.153. The molecular formula is C20H19F6N3OS2. The molecule has 174 valence electrons. The van der Waals surface area contributed by atoms with E-state index in [-0.39, 0.29) is 32.1 Å². The van der Waals surface area contributed by atoms with Crippen molar-refractivity contribution in [1.82, 2.24) is 4.57 Å². The molecule has 0 aliphatic carbocycles. The van der Waals surface area contributed by atoms with E-state index < -0.39 is 31.9 Å². The topological polar surface area (TPSA) is 50.3 Å². The van der Waals surface area contributed by atoms with Crippen molar-refractivity contribution in [2.45, 2.75) is 51.5 Å². The average Bonchev–Trinajstić information content (AvgIpc) is 3.06. The minimum atomic E-state index is -4.60. The molecule has 1 heterocycles. The highest BCUT2D eigenvalue weighted by molar-refractivity contribution is 7.80. The van der Waals surface area contributed by atoms with Crippen molar-refractivity contribution in [3.63, 3.8) is 0 Å². The molecule has 2 rings (SSSR count). The zero-order valence-corrected chi connectivity index (χ0v) is 18.9. The number of aryl methyl sites for hydroxylation is 1. The van der Waals surface area contributed by atoms with Gasteiger partial charge in [-0.15, -0.1) is 11.3 Å². The van der Waals surface area contributed by atoms with Crippen molar-refractivity contribution in [3.8, 4) is 11.8 Å². The van der Waals surface area contributed by atoms with Gasteiger partial charge < -0.3 is 9.30 Å². The Bertz CT molecular complexity index is 1080. The lowest BCUT2D eigenvalue weighted by atomic mass is 9.95. The third-order valence-electron chi connectivity index (χ3n) is 4.02. The monoisotopic (exact) mass is 495 g/mol. The molecule has 0 N–H and O–H groups in total. The molecule has 4 nitrogen and oxygen atoms in total. The van der Waals surface area contributed by atoms with Gasteiger partial charge in [-0.05, 0) is 23.6 Å². The zero-order chi connectivity index (χ0) is 24.3. The highest BCUT2D eigenvalue weighted by atomic mass is 32.1. The number of halogens is 6. The first-order valence-corrected chi connectivity index (χ1v) is 10.4. The molecule has 0 radical (unpaired) electrons. The number of benzene rings is 1. The smallest absolute Gasteiger partial charge is 0.422 e. The summed E-state index contributed by atoms with van der Waals surface area (Å²) >= 11 is 6.39. The van der Waals surface area contributed by atoms with Crippen molar-refractivity contribution < 1.29 is 31.1 Å². The Morgan fingerprint density at radius 2 is 1.81 bits per heavy atom. The summed E-state index contributed by atoms with van der Waals surface area (Å²) in [4.78, 5) is 4.92. The number of nitriles is 1. The van der Waals surface area contributed by atoms with Gasteiger partial charge in [-0.1, -0.05) is 33.0 Å². The van der Waals surface area contributed by atoms with E-state index in [0.717, 1.165) is 16.2 Å². The Morgan fingerprint density at radius 3 is 2.34 bits per heavy atom. The first-order chi connectivity index (χ1) is 14.6. The van der Waals surface area contributed by atoms with Crippen LogP contribution in [0, 0.1) is 11.3 Å². The van der Waals surface area contributed by atoms with Gasteiger partial charge in [0.25, 0.3) is 0 Å². The van der Waals surface area contributed by atoms with Crippen LogP contribution in [0.4, 0.5) is 26.3 Å². The molecule has 0 aliphatic rings. The number of alkyl halides is 6.